The van der Waals surface area contributed by atoms with E-state index in [0.717, 1.165) is 37.6 Å². The fraction of sp³-hybridized carbons (Fsp3) is 0.467. The van der Waals surface area contributed by atoms with E-state index in [1.54, 1.807) is 0 Å². The summed E-state index contributed by atoms with van der Waals surface area (Å²) in [5.74, 6) is -0.460. The number of anilines is 2. The van der Waals surface area contributed by atoms with Crippen molar-refractivity contribution in [1.82, 2.24) is 10.2 Å². The molecule has 1 atom stereocenters. The number of piperazine rings is 1. The lowest BCUT2D eigenvalue weighted by atomic mass is 10.2. The van der Waals surface area contributed by atoms with Crippen LogP contribution in [0.2, 0.25) is 0 Å². The highest BCUT2D eigenvalue weighted by Gasteiger charge is 2.30. The highest BCUT2D eigenvalue weighted by atomic mass is 16.2. The average molecular weight is 288 g/mol. The summed E-state index contributed by atoms with van der Waals surface area (Å²) in [6, 6.07) is 7.57. The van der Waals surface area contributed by atoms with Gasteiger partial charge in [0.2, 0.25) is 11.8 Å². The predicted molar refractivity (Wildman–Crippen MR) is 81.3 cm³/mol. The zero-order valence-electron chi connectivity index (χ0n) is 12.1. The number of benzene rings is 1. The van der Waals surface area contributed by atoms with Crippen LogP contribution in [0.4, 0.5) is 11.4 Å². The van der Waals surface area contributed by atoms with E-state index in [9.17, 15) is 9.59 Å². The van der Waals surface area contributed by atoms with Gasteiger partial charge in [-0.25, -0.2) is 0 Å². The molecule has 2 heterocycles. The molecule has 2 fully saturated rings. The Hall–Kier alpha value is -2.08. The first-order valence-electron chi connectivity index (χ1n) is 7.25. The lowest BCUT2D eigenvalue weighted by molar-refractivity contribution is -0.124. The van der Waals surface area contributed by atoms with Crippen molar-refractivity contribution in [3.63, 3.8) is 0 Å². The highest BCUT2D eigenvalue weighted by Crippen LogP contribution is 2.22. The van der Waals surface area contributed by atoms with Crippen molar-refractivity contribution < 1.29 is 9.59 Å². The van der Waals surface area contributed by atoms with Gasteiger partial charge in [-0.05, 0) is 25.2 Å². The van der Waals surface area contributed by atoms with Crippen LogP contribution in [0.3, 0.4) is 0 Å². The van der Waals surface area contributed by atoms with Crippen LogP contribution in [-0.4, -0.2) is 56.0 Å². The summed E-state index contributed by atoms with van der Waals surface area (Å²) in [5, 5.41) is 5.45. The molecule has 0 spiro atoms. The number of carbonyl (C=O) groups excluding carboxylic acids is 2. The van der Waals surface area contributed by atoms with Crippen LogP contribution in [0.15, 0.2) is 24.3 Å². The summed E-state index contributed by atoms with van der Waals surface area (Å²) >= 11 is 0. The predicted octanol–water partition coefficient (Wildman–Crippen LogP) is 0.265. The Morgan fingerprint density at radius 2 is 1.95 bits per heavy atom. The fourth-order valence-electron chi connectivity index (χ4n) is 2.73. The highest BCUT2D eigenvalue weighted by molar-refractivity contribution is 6.06. The summed E-state index contributed by atoms with van der Waals surface area (Å²) in [7, 11) is 2.13. The van der Waals surface area contributed by atoms with Crippen molar-refractivity contribution in [2.75, 3.05) is 43.4 Å². The van der Waals surface area contributed by atoms with Crippen LogP contribution in [0.1, 0.15) is 6.42 Å². The Morgan fingerprint density at radius 3 is 2.62 bits per heavy atom. The number of rotatable bonds is 3. The molecule has 6 nitrogen and oxygen atoms in total. The molecule has 1 aromatic rings. The number of amides is 2. The lowest BCUT2D eigenvalue weighted by Crippen LogP contribution is -2.44. The van der Waals surface area contributed by atoms with Crippen molar-refractivity contribution >= 4 is 23.2 Å². The molecule has 0 radical (unpaired) electrons. The topological polar surface area (TPSA) is 64.7 Å². The molecule has 3 rings (SSSR count). The van der Waals surface area contributed by atoms with Crippen molar-refractivity contribution in [3.05, 3.63) is 24.3 Å². The van der Waals surface area contributed by atoms with Gasteiger partial charge >= 0.3 is 0 Å². The normalized spacial score (nSPS) is 23.3. The second kappa shape index (κ2) is 5.73. The minimum Gasteiger partial charge on any atom is -0.373 e. The SMILES string of the molecule is CN1CCN(c2cccc(NC3CC(=O)NC3=O)c2)CC1. The van der Waals surface area contributed by atoms with Crippen molar-refractivity contribution in [3.8, 4) is 0 Å². The van der Waals surface area contributed by atoms with E-state index in [1.165, 1.54) is 0 Å². The molecule has 0 saturated carbocycles. The van der Waals surface area contributed by atoms with Gasteiger partial charge in [-0.1, -0.05) is 6.07 Å². The van der Waals surface area contributed by atoms with E-state index < -0.39 is 6.04 Å². The van der Waals surface area contributed by atoms with Gasteiger partial charge in [0.15, 0.2) is 0 Å². The largest absolute Gasteiger partial charge is 0.373 e. The van der Waals surface area contributed by atoms with Gasteiger partial charge in [0.05, 0.1) is 6.42 Å². The summed E-state index contributed by atoms with van der Waals surface area (Å²) in [6.45, 7) is 4.11. The number of hydrogen-bond donors (Lipinski definition) is 2. The van der Waals surface area contributed by atoms with E-state index >= 15 is 0 Å². The molecule has 6 heteroatoms. The van der Waals surface area contributed by atoms with Crippen LogP contribution in [-0.2, 0) is 9.59 Å². The molecule has 2 N–H and O–H groups in total. The van der Waals surface area contributed by atoms with Gasteiger partial charge in [0.1, 0.15) is 6.04 Å². The maximum absolute atomic E-state index is 11.6. The van der Waals surface area contributed by atoms with Crippen LogP contribution in [0.25, 0.3) is 0 Å². The molecular formula is C15H20N4O2. The summed E-state index contributed by atoms with van der Waals surface area (Å²) < 4.78 is 0. The van der Waals surface area contributed by atoms with Crippen LogP contribution in [0, 0.1) is 0 Å². The van der Waals surface area contributed by atoms with Gasteiger partial charge in [-0.15, -0.1) is 0 Å². The smallest absolute Gasteiger partial charge is 0.249 e. The molecular weight excluding hydrogens is 268 g/mol. The van der Waals surface area contributed by atoms with Crippen LogP contribution >= 0.6 is 0 Å². The zero-order valence-corrected chi connectivity index (χ0v) is 12.1. The second-order valence-electron chi connectivity index (χ2n) is 5.65. The summed E-state index contributed by atoms with van der Waals surface area (Å²) in [6.07, 6.45) is 0.206. The number of nitrogens with one attached hydrogen (secondary N) is 2. The number of nitrogens with zero attached hydrogens (tertiary/aromatic N) is 2. The number of hydrogen-bond acceptors (Lipinski definition) is 5. The lowest BCUT2D eigenvalue weighted by Gasteiger charge is -2.34. The molecule has 0 bridgehead atoms. The Labute approximate surface area is 124 Å². The van der Waals surface area contributed by atoms with Crippen molar-refractivity contribution in [1.29, 1.82) is 0 Å². The third kappa shape index (κ3) is 3.16. The van der Waals surface area contributed by atoms with Gasteiger partial charge in [-0.2, -0.15) is 0 Å². The maximum Gasteiger partial charge on any atom is 0.249 e. The Balaban J connectivity index is 1.68. The standard InChI is InChI=1S/C15H20N4O2/c1-18-5-7-19(8-6-18)12-4-2-3-11(9-12)16-13-10-14(20)17-15(13)21/h2-4,9,13,16H,5-8,10H2,1H3,(H,17,20,21). The first-order chi connectivity index (χ1) is 10.1. The quantitative estimate of drug-likeness (QED) is 0.782. The Kier molecular flexibility index (Phi) is 3.79. The fourth-order valence-corrected chi connectivity index (χ4v) is 2.73. The molecule has 2 saturated heterocycles. The average Bonchev–Trinajstić information content (AvgIpc) is 2.78. The summed E-state index contributed by atoms with van der Waals surface area (Å²) in [5.41, 5.74) is 2.03. The van der Waals surface area contributed by atoms with Crippen LogP contribution in [0.5, 0.6) is 0 Å². The van der Waals surface area contributed by atoms with Crippen LogP contribution < -0.4 is 15.5 Å². The molecule has 0 aromatic heterocycles. The molecule has 112 valence electrons. The monoisotopic (exact) mass is 288 g/mol. The third-order valence-corrected chi connectivity index (χ3v) is 4.02. The first-order valence-corrected chi connectivity index (χ1v) is 7.25. The van der Waals surface area contributed by atoms with E-state index in [0.29, 0.717) is 0 Å². The van der Waals surface area contributed by atoms with E-state index in [1.807, 2.05) is 18.2 Å². The van der Waals surface area contributed by atoms with Crippen molar-refractivity contribution in [2.45, 2.75) is 12.5 Å². The maximum atomic E-state index is 11.6. The summed E-state index contributed by atoms with van der Waals surface area (Å²) in [4.78, 5) is 27.5. The Morgan fingerprint density at radius 1 is 1.19 bits per heavy atom. The molecule has 21 heavy (non-hydrogen) atoms. The molecule has 1 aromatic carbocycles. The second-order valence-corrected chi connectivity index (χ2v) is 5.65. The van der Waals surface area contributed by atoms with E-state index in [4.69, 9.17) is 0 Å². The molecule has 0 aliphatic carbocycles. The molecule has 2 aliphatic rings. The number of likely N-dealkylation sites (N-methyl/N-ethyl adjacent to an activating group) is 1. The van der Waals surface area contributed by atoms with Gasteiger partial charge in [0.25, 0.3) is 0 Å². The third-order valence-electron chi connectivity index (χ3n) is 4.02. The minimum absolute atomic E-state index is 0.206. The van der Waals surface area contributed by atoms with Crippen molar-refractivity contribution in [2.24, 2.45) is 0 Å². The molecule has 1 unspecified atom stereocenters. The molecule has 2 amide bonds. The minimum atomic E-state index is -0.458. The number of carbonyl (C=O) groups is 2. The first kappa shape index (κ1) is 13.9. The van der Waals surface area contributed by atoms with Gasteiger partial charge in [0, 0.05) is 37.6 Å². The van der Waals surface area contributed by atoms with E-state index in [-0.39, 0.29) is 18.2 Å². The Bertz CT molecular complexity index is 552. The van der Waals surface area contributed by atoms with Gasteiger partial charge in [-0.3, -0.25) is 14.9 Å². The van der Waals surface area contributed by atoms with Gasteiger partial charge < -0.3 is 15.1 Å². The number of imide groups is 1. The molecule has 2 aliphatic heterocycles. The zero-order chi connectivity index (χ0) is 14.8. The van der Waals surface area contributed by atoms with E-state index in [2.05, 4.69) is 33.5 Å².